The first-order valence-corrected chi connectivity index (χ1v) is 10.6. The Morgan fingerprint density at radius 2 is 1.88 bits per heavy atom. The van der Waals surface area contributed by atoms with Crippen molar-refractivity contribution in [3.8, 4) is 0 Å². The van der Waals surface area contributed by atoms with Gasteiger partial charge < -0.3 is 5.32 Å². The van der Waals surface area contributed by atoms with Crippen LogP contribution in [-0.2, 0) is 26.6 Å². The first-order valence-electron chi connectivity index (χ1n) is 8.71. The van der Waals surface area contributed by atoms with Crippen molar-refractivity contribution in [3.05, 3.63) is 36.2 Å². The molecule has 2 aromatic rings. The second kappa shape index (κ2) is 7.53. The van der Waals surface area contributed by atoms with Gasteiger partial charge in [0.2, 0.25) is 5.91 Å². The molecule has 140 valence electrons. The first kappa shape index (κ1) is 18.5. The lowest BCUT2D eigenvalue weighted by Crippen LogP contribution is -2.46. The van der Waals surface area contributed by atoms with Gasteiger partial charge in [0.1, 0.15) is 6.33 Å². The molecule has 1 aliphatic rings. The Morgan fingerprint density at radius 1 is 1.19 bits per heavy atom. The second-order valence-electron chi connectivity index (χ2n) is 6.77. The number of amides is 1. The summed E-state index contributed by atoms with van der Waals surface area (Å²) in [5.74, 6) is -0.0163. The van der Waals surface area contributed by atoms with Gasteiger partial charge in [-0.15, -0.1) is 5.10 Å². The average molecular weight is 377 g/mol. The molecule has 1 heterocycles. The van der Waals surface area contributed by atoms with E-state index in [0.717, 1.165) is 37.7 Å². The lowest BCUT2D eigenvalue weighted by molar-refractivity contribution is -0.128. The number of carbonyl (C=O) groups is 1. The topological polar surface area (TPSA) is 107 Å². The third-order valence-electron chi connectivity index (χ3n) is 4.99. The zero-order valence-electron chi connectivity index (χ0n) is 14.8. The zero-order valence-corrected chi connectivity index (χ0v) is 15.6. The monoisotopic (exact) mass is 377 g/mol. The van der Waals surface area contributed by atoms with Crippen LogP contribution >= 0.6 is 0 Å². The van der Waals surface area contributed by atoms with Crippen molar-refractivity contribution in [2.45, 2.75) is 49.0 Å². The van der Waals surface area contributed by atoms with E-state index in [1.807, 2.05) is 0 Å². The minimum atomic E-state index is -3.25. The van der Waals surface area contributed by atoms with Crippen LogP contribution < -0.4 is 5.32 Å². The number of hydrogen-bond donors (Lipinski definition) is 1. The van der Waals surface area contributed by atoms with Crippen LogP contribution in [0.5, 0.6) is 0 Å². The number of hydrogen-bond acceptors (Lipinski definition) is 6. The molecule has 1 aromatic heterocycles. The summed E-state index contributed by atoms with van der Waals surface area (Å²) in [7, 11) is -3.25. The van der Waals surface area contributed by atoms with Crippen LogP contribution in [0.25, 0.3) is 0 Å². The van der Waals surface area contributed by atoms with E-state index >= 15 is 0 Å². The standard InChI is InChI=1S/C17H23N5O3S/c1-26(24,25)15-7-5-14(6-8-15)17(9-3-2-4-10-17)16(23)18-11-12-22-13-19-20-21-22/h5-8,13H,2-4,9-12H2,1H3,(H,18,23). The SMILES string of the molecule is CS(=O)(=O)c1ccc(C2(C(=O)NCCn3cnnn3)CCCCC2)cc1. The van der Waals surface area contributed by atoms with Crippen molar-refractivity contribution in [2.24, 2.45) is 0 Å². The molecular weight excluding hydrogens is 354 g/mol. The van der Waals surface area contributed by atoms with E-state index in [4.69, 9.17) is 0 Å². The summed E-state index contributed by atoms with van der Waals surface area (Å²) in [4.78, 5) is 13.3. The quantitative estimate of drug-likeness (QED) is 0.808. The van der Waals surface area contributed by atoms with Crippen LogP contribution in [0.1, 0.15) is 37.7 Å². The maximum absolute atomic E-state index is 13.0. The predicted octanol–water partition coefficient (Wildman–Crippen LogP) is 1.09. The Labute approximate surface area is 152 Å². The number of sulfone groups is 1. The summed E-state index contributed by atoms with van der Waals surface area (Å²) in [5, 5.41) is 13.9. The molecule has 1 saturated carbocycles. The van der Waals surface area contributed by atoms with E-state index in [-0.39, 0.29) is 10.8 Å². The van der Waals surface area contributed by atoms with Crippen LogP contribution in [0.2, 0.25) is 0 Å². The van der Waals surface area contributed by atoms with Crippen molar-refractivity contribution in [2.75, 3.05) is 12.8 Å². The lowest BCUT2D eigenvalue weighted by Gasteiger charge is -2.36. The Bertz CT molecular complexity index is 841. The normalized spacial score (nSPS) is 17.0. The predicted molar refractivity (Wildman–Crippen MR) is 95.1 cm³/mol. The number of nitrogens with zero attached hydrogens (tertiary/aromatic N) is 4. The van der Waals surface area contributed by atoms with Gasteiger partial charge in [-0.2, -0.15) is 0 Å². The molecular formula is C17H23N5O3S. The number of aromatic nitrogens is 4. The van der Waals surface area contributed by atoms with Crippen LogP contribution in [0.15, 0.2) is 35.5 Å². The van der Waals surface area contributed by atoms with Crippen LogP contribution in [0.4, 0.5) is 0 Å². The van der Waals surface area contributed by atoms with Gasteiger partial charge in [-0.3, -0.25) is 4.79 Å². The summed E-state index contributed by atoms with van der Waals surface area (Å²) >= 11 is 0. The van der Waals surface area contributed by atoms with Gasteiger partial charge in [-0.25, -0.2) is 13.1 Å². The number of tetrazole rings is 1. The molecule has 0 bridgehead atoms. The smallest absolute Gasteiger partial charge is 0.230 e. The highest BCUT2D eigenvalue weighted by Gasteiger charge is 2.40. The van der Waals surface area contributed by atoms with Gasteiger partial charge >= 0.3 is 0 Å². The Balaban J connectivity index is 1.78. The van der Waals surface area contributed by atoms with E-state index in [9.17, 15) is 13.2 Å². The van der Waals surface area contributed by atoms with Crippen molar-refractivity contribution in [3.63, 3.8) is 0 Å². The fourth-order valence-corrected chi connectivity index (χ4v) is 4.19. The lowest BCUT2D eigenvalue weighted by atomic mass is 9.68. The molecule has 0 unspecified atom stereocenters. The molecule has 1 N–H and O–H groups in total. The van der Waals surface area contributed by atoms with Gasteiger partial charge in [-0.1, -0.05) is 31.4 Å². The van der Waals surface area contributed by atoms with Crippen LogP contribution in [0.3, 0.4) is 0 Å². The molecule has 1 amide bonds. The average Bonchev–Trinajstić information content (AvgIpc) is 3.15. The minimum absolute atomic E-state index is 0.0163. The molecule has 26 heavy (non-hydrogen) atoms. The van der Waals surface area contributed by atoms with Crippen molar-refractivity contribution in [1.29, 1.82) is 0 Å². The highest BCUT2D eigenvalue weighted by Crippen LogP contribution is 2.40. The third kappa shape index (κ3) is 3.92. The molecule has 3 rings (SSSR count). The fourth-order valence-electron chi connectivity index (χ4n) is 3.56. The van der Waals surface area contributed by atoms with E-state index in [1.165, 1.54) is 12.6 Å². The van der Waals surface area contributed by atoms with Gasteiger partial charge in [-0.05, 0) is 41.0 Å². The number of rotatable bonds is 6. The molecule has 0 spiro atoms. The maximum Gasteiger partial charge on any atom is 0.230 e. The van der Waals surface area contributed by atoms with Gasteiger partial charge in [0.15, 0.2) is 9.84 Å². The van der Waals surface area contributed by atoms with E-state index in [1.54, 1.807) is 28.9 Å². The van der Waals surface area contributed by atoms with Gasteiger partial charge in [0, 0.05) is 12.8 Å². The molecule has 0 saturated heterocycles. The van der Waals surface area contributed by atoms with Crippen molar-refractivity contribution in [1.82, 2.24) is 25.5 Å². The molecule has 0 radical (unpaired) electrons. The molecule has 0 aliphatic heterocycles. The largest absolute Gasteiger partial charge is 0.353 e. The van der Waals surface area contributed by atoms with E-state index in [2.05, 4.69) is 20.8 Å². The molecule has 1 aliphatic carbocycles. The Morgan fingerprint density at radius 3 is 2.46 bits per heavy atom. The van der Waals surface area contributed by atoms with Gasteiger partial charge in [0.05, 0.1) is 16.9 Å². The summed E-state index contributed by atoms with van der Waals surface area (Å²) in [6.45, 7) is 0.939. The molecule has 1 fully saturated rings. The molecule has 8 nitrogen and oxygen atoms in total. The van der Waals surface area contributed by atoms with Crippen LogP contribution in [-0.4, -0.2) is 47.3 Å². The number of nitrogens with one attached hydrogen (secondary N) is 1. The zero-order chi connectivity index (χ0) is 18.6. The Hall–Kier alpha value is -2.29. The second-order valence-corrected chi connectivity index (χ2v) is 8.78. The number of carbonyl (C=O) groups excluding carboxylic acids is 1. The summed E-state index contributed by atoms with van der Waals surface area (Å²) in [5.41, 5.74) is 0.277. The van der Waals surface area contributed by atoms with E-state index in [0.29, 0.717) is 13.1 Å². The number of benzene rings is 1. The van der Waals surface area contributed by atoms with Crippen molar-refractivity contribution < 1.29 is 13.2 Å². The highest BCUT2D eigenvalue weighted by molar-refractivity contribution is 7.90. The third-order valence-corrected chi connectivity index (χ3v) is 6.12. The summed E-state index contributed by atoms with van der Waals surface area (Å²) in [6.07, 6.45) is 7.30. The van der Waals surface area contributed by atoms with Gasteiger partial charge in [0.25, 0.3) is 0 Å². The van der Waals surface area contributed by atoms with E-state index < -0.39 is 15.3 Å². The first-order chi connectivity index (χ1) is 12.4. The maximum atomic E-state index is 13.0. The summed E-state index contributed by atoms with van der Waals surface area (Å²) < 4.78 is 24.9. The molecule has 9 heteroatoms. The highest BCUT2D eigenvalue weighted by atomic mass is 32.2. The molecule has 0 atom stereocenters. The van der Waals surface area contributed by atoms with Crippen molar-refractivity contribution >= 4 is 15.7 Å². The minimum Gasteiger partial charge on any atom is -0.353 e. The van der Waals surface area contributed by atoms with Crippen LogP contribution in [0, 0.1) is 0 Å². The fraction of sp³-hybridized carbons (Fsp3) is 0.529. The molecule has 1 aromatic carbocycles. The Kier molecular flexibility index (Phi) is 5.36. The summed E-state index contributed by atoms with van der Waals surface area (Å²) in [6, 6.07) is 6.75.